The second kappa shape index (κ2) is 13.7. The molecule has 9 rings (SSSR count). The van der Waals surface area contributed by atoms with Crippen LogP contribution in [0.15, 0.2) is 96.6 Å². The molecule has 0 heterocycles. The monoisotopic (exact) mass is 745 g/mol. The van der Waals surface area contributed by atoms with Gasteiger partial charge in [-0.1, -0.05) is 86.7 Å². The molecule has 8 heteroatoms. The van der Waals surface area contributed by atoms with E-state index in [1.807, 2.05) is 54.6 Å². The zero-order valence-electron chi connectivity index (χ0n) is 32.8. The minimum atomic E-state index is -1.25. The van der Waals surface area contributed by atoms with E-state index in [2.05, 4.69) is 44.2 Å². The molecule has 6 aliphatic rings. The van der Waals surface area contributed by atoms with Crippen molar-refractivity contribution in [2.45, 2.75) is 84.0 Å². The number of carbonyl (C=O) groups is 2. The standard InChI is InChI=1S/C47H55NO7/c1-6-55-42(51)48(29-34-16-17-36(53-4)26-38(34)54-5)30-46(52)23-20-40-44(46,3)22-19-39-43(2)21-18-35(49)27-45(43)24-25-47(39,40)37(28-45)41(50)33-14-12-32(13-15-33)31-10-8-7-9-11-31/h7-17,24-26,28,35,39-40,49,52H,6,18-23,27,29-30H2,1-5H3/t35?,39-,40-,43-,44+,45+,46-,47-/m1/s1. The molecule has 3 saturated carbocycles. The first-order valence-corrected chi connectivity index (χ1v) is 20.0. The van der Waals surface area contributed by atoms with Crippen LogP contribution in [0.2, 0.25) is 0 Å². The minimum absolute atomic E-state index is 0.0230. The summed E-state index contributed by atoms with van der Waals surface area (Å²) in [4.78, 5) is 30.4. The quantitative estimate of drug-likeness (QED) is 0.158. The topological polar surface area (TPSA) is 106 Å². The molecule has 0 radical (unpaired) electrons. The van der Waals surface area contributed by atoms with Crippen LogP contribution in [-0.4, -0.2) is 66.1 Å². The van der Waals surface area contributed by atoms with Gasteiger partial charge in [-0.25, -0.2) is 4.79 Å². The summed E-state index contributed by atoms with van der Waals surface area (Å²) in [6.45, 7) is 6.86. The van der Waals surface area contributed by atoms with Crippen molar-refractivity contribution < 1.29 is 34.0 Å². The first kappa shape index (κ1) is 37.5. The fraction of sp³-hybridized carbons (Fsp3) is 0.489. The number of nitrogens with zero attached hydrogens (tertiary/aromatic N) is 1. The summed E-state index contributed by atoms with van der Waals surface area (Å²) in [5.74, 6) is 1.36. The average molecular weight is 746 g/mol. The molecular weight excluding hydrogens is 691 g/mol. The largest absolute Gasteiger partial charge is 0.497 e. The highest BCUT2D eigenvalue weighted by Gasteiger charge is 2.74. The Morgan fingerprint density at radius 1 is 0.836 bits per heavy atom. The number of carbonyl (C=O) groups excluding carboxylic acids is 2. The first-order chi connectivity index (χ1) is 26.4. The molecule has 3 aromatic rings. The predicted molar refractivity (Wildman–Crippen MR) is 212 cm³/mol. The molecule has 2 N–H and O–H groups in total. The van der Waals surface area contributed by atoms with Gasteiger partial charge in [0.15, 0.2) is 5.78 Å². The molecule has 0 aliphatic heterocycles. The highest BCUT2D eigenvalue weighted by atomic mass is 16.6. The van der Waals surface area contributed by atoms with Crippen molar-refractivity contribution in [1.29, 1.82) is 0 Å². The number of aliphatic hydroxyl groups excluding tert-OH is 1. The molecule has 2 spiro atoms. The number of rotatable bonds is 10. The average Bonchev–Trinajstić information content (AvgIpc) is 3.47. The van der Waals surface area contributed by atoms with Gasteiger partial charge in [-0.05, 0) is 92.4 Å². The van der Waals surface area contributed by atoms with Gasteiger partial charge in [-0.2, -0.15) is 0 Å². The van der Waals surface area contributed by atoms with Gasteiger partial charge in [0.2, 0.25) is 0 Å². The van der Waals surface area contributed by atoms with Crippen LogP contribution >= 0.6 is 0 Å². The lowest BCUT2D eigenvalue weighted by Gasteiger charge is -2.71. The van der Waals surface area contributed by atoms with E-state index >= 15 is 4.79 Å². The van der Waals surface area contributed by atoms with Crippen LogP contribution in [0.25, 0.3) is 11.1 Å². The van der Waals surface area contributed by atoms with Gasteiger partial charge in [0, 0.05) is 39.0 Å². The Labute approximate surface area is 325 Å². The highest BCUT2D eigenvalue weighted by molar-refractivity contribution is 6.10. The van der Waals surface area contributed by atoms with E-state index in [4.69, 9.17) is 14.2 Å². The molecule has 0 aromatic heterocycles. The summed E-state index contributed by atoms with van der Waals surface area (Å²) in [5.41, 5.74) is 1.33. The number of hydrogen-bond acceptors (Lipinski definition) is 7. The summed E-state index contributed by atoms with van der Waals surface area (Å²) in [7, 11) is 3.19. The molecule has 55 heavy (non-hydrogen) atoms. The maximum Gasteiger partial charge on any atom is 0.410 e. The van der Waals surface area contributed by atoms with Crippen LogP contribution in [0.5, 0.6) is 11.5 Å². The molecule has 290 valence electrons. The van der Waals surface area contributed by atoms with Crippen molar-refractivity contribution >= 4 is 11.9 Å². The van der Waals surface area contributed by atoms with E-state index < -0.39 is 34.0 Å². The van der Waals surface area contributed by atoms with E-state index in [1.165, 1.54) is 0 Å². The van der Waals surface area contributed by atoms with Crippen molar-refractivity contribution in [2.75, 3.05) is 27.4 Å². The van der Waals surface area contributed by atoms with Crippen LogP contribution in [0.1, 0.15) is 81.6 Å². The lowest BCUT2D eigenvalue weighted by Crippen LogP contribution is -2.67. The molecular formula is C47H55NO7. The zero-order chi connectivity index (χ0) is 38.8. The summed E-state index contributed by atoms with van der Waals surface area (Å²) in [6.07, 6.45) is 11.0. The van der Waals surface area contributed by atoms with Crippen molar-refractivity contribution in [1.82, 2.24) is 4.90 Å². The Morgan fingerprint density at radius 3 is 2.24 bits per heavy atom. The summed E-state index contributed by atoms with van der Waals surface area (Å²) in [6, 6.07) is 23.7. The SMILES string of the molecule is CCOC(=O)N(Cc1ccc(OC)cc1OC)C[C@]1(O)CC[C@H]2[C@]34C=C[C@@]5(C=C3C(=O)c3ccc(-c6ccccc6)cc3)CC(O)CC[C@]5(C)[C@H]4CC[C@@]21C. The van der Waals surface area contributed by atoms with E-state index in [0.29, 0.717) is 36.3 Å². The third-order valence-electron chi connectivity index (χ3n) is 15.0. The maximum absolute atomic E-state index is 15.1. The van der Waals surface area contributed by atoms with E-state index in [1.54, 1.807) is 32.1 Å². The number of ether oxygens (including phenoxy) is 3. The van der Waals surface area contributed by atoms with Crippen molar-refractivity contribution in [3.63, 3.8) is 0 Å². The predicted octanol–water partition coefficient (Wildman–Crippen LogP) is 8.80. The molecule has 3 aromatic carbocycles. The van der Waals surface area contributed by atoms with Crippen molar-refractivity contribution in [3.8, 4) is 22.6 Å². The molecule has 1 amide bonds. The third kappa shape index (κ3) is 5.60. The van der Waals surface area contributed by atoms with Crippen LogP contribution in [-0.2, 0) is 11.3 Å². The first-order valence-electron chi connectivity index (χ1n) is 20.0. The third-order valence-corrected chi connectivity index (χ3v) is 15.0. The van der Waals surface area contributed by atoms with Gasteiger partial charge in [0.05, 0.1) is 45.6 Å². The van der Waals surface area contributed by atoms with Crippen LogP contribution < -0.4 is 9.47 Å². The van der Waals surface area contributed by atoms with Crippen molar-refractivity contribution in [2.24, 2.45) is 33.5 Å². The fourth-order valence-corrected chi connectivity index (χ4v) is 12.1. The maximum atomic E-state index is 15.1. The molecule has 8 nitrogen and oxygen atoms in total. The van der Waals surface area contributed by atoms with Crippen LogP contribution in [0, 0.1) is 33.5 Å². The zero-order valence-corrected chi connectivity index (χ0v) is 32.8. The number of fused-ring (bicyclic) bond motifs is 1. The molecule has 8 atom stereocenters. The molecule has 6 aliphatic carbocycles. The van der Waals surface area contributed by atoms with Gasteiger partial charge in [0.1, 0.15) is 11.5 Å². The number of aliphatic hydroxyl groups is 2. The van der Waals surface area contributed by atoms with Gasteiger partial charge in [0.25, 0.3) is 0 Å². The molecule has 2 bridgehead atoms. The Hall–Kier alpha value is -4.40. The van der Waals surface area contributed by atoms with Gasteiger partial charge in [-0.15, -0.1) is 0 Å². The normalized spacial score (nSPS) is 34.2. The van der Waals surface area contributed by atoms with Gasteiger partial charge in [-0.3, -0.25) is 4.79 Å². The number of Topliss-reactive ketones (excluding diaryl/α,β-unsaturated/α-hetero) is 1. The smallest absolute Gasteiger partial charge is 0.410 e. The number of amides is 1. The van der Waals surface area contributed by atoms with E-state index in [0.717, 1.165) is 47.9 Å². The second-order valence-corrected chi connectivity index (χ2v) is 17.3. The van der Waals surface area contributed by atoms with Crippen LogP contribution in [0.4, 0.5) is 4.79 Å². The number of benzene rings is 3. The van der Waals surface area contributed by atoms with Gasteiger partial charge >= 0.3 is 6.09 Å². The summed E-state index contributed by atoms with van der Waals surface area (Å²) >= 11 is 0. The van der Waals surface area contributed by atoms with E-state index in [-0.39, 0.29) is 42.7 Å². The summed E-state index contributed by atoms with van der Waals surface area (Å²) < 4.78 is 16.7. The lowest BCUT2D eigenvalue weighted by molar-refractivity contribution is -0.175. The molecule has 0 saturated heterocycles. The van der Waals surface area contributed by atoms with E-state index in [9.17, 15) is 15.0 Å². The van der Waals surface area contributed by atoms with Gasteiger partial charge < -0.3 is 29.3 Å². The van der Waals surface area contributed by atoms with Crippen molar-refractivity contribution in [3.05, 3.63) is 108 Å². The number of methoxy groups -OCH3 is 2. The Balaban J connectivity index is 1.18. The summed E-state index contributed by atoms with van der Waals surface area (Å²) in [5, 5.41) is 24.2. The number of allylic oxidation sites excluding steroid dienone is 4. The lowest BCUT2D eigenvalue weighted by atomic mass is 9.32. The van der Waals surface area contributed by atoms with Crippen LogP contribution in [0.3, 0.4) is 0 Å². The highest BCUT2D eigenvalue weighted by Crippen LogP contribution is 2.78. The number of hydrogen-bond donors (Lipinski definition) is 2. The Morgan fingerprint density at radius 2 is 1.53 bits per heavy atom. The molecule has 1 unspecified atom stereocenters. The fourth-order valence-electron chi connectivity index (χ4n) is 12.1. The minimum Gasteiger partial charge on any atom is -0.497 e. The second-order valence-electron chi connectivity index (χ2n) is 17.3. The Kier molecular flexibility index (Phi) is 9.32. The Bertz CT molecular complexity index is 2030. The molecule has 3 fully saturated rings. The number of ketones is 1.